The molecule has 1 aliphatic carbocycles. The van der Waals surface area contributed by atoms with Gasteiger partial charge in [0.25, 0.3) is 0 Å². The molecule has 0 spiro atoms. The van der Waals surface area contributed by atoms with Gasteiger partial charge in [0.05, 0.1) is 0 Å². The Hall–Kier alpha value is -1.10. The van der Waals surface area contributed by atoms with Gasteiger partial charge in [-0.15, -0.1) is 0 Å². The van der Waals surface area contributed by atoms with E-state index in [-0.39, 0.29) is 17.2 Å². The van der Waals surface area contributed by atoms with Crippen molar-refractivity contribution in [1.29, 1.82) is 0 Å². The summed E-state index contributed by atoms with van der Waals surface area (Å²) in [6, 6.07) is 0. The van der Waals surface area contributed by atoms with Crippen molar-refractivity contribution in [2.24, 2.45) is 17.1 Å². The van der Waals surface area contributed by atoms with Gasteiger partial charge in [-0.05, 0) is 30.7 Å². The van der Waals surface area contributed by atoms with Crippen LogP contribution in [0.1, 0.15) is 58.8 Å². The van der Waals surface area contributed by atoms with Crippen LogP contribution < -0.4 is 16.4 Å². The third kappa shape index (κ3) is 6.93. The summed E-state index contributed by atoms with van der Waals surface area (Å²) in [6.45, 7) is 5.78. The minimum atomic E-state index is -0.0117. The first-order chi connectivity index (χ1) is 9.97. The summed E-state index contributed by atoms with van der Waals surface area (Å²) in [7, 11) is 0. The van der Waals surface area contributed by atoms with Gasteiger partial charge in [0, 0.05) is 25.9 Å². The zero-order chi connectivity index (χ0) is 15.7. The van der Waals surface area contributed by atoms with Gasteiger partial charge in [-0.3, -0.25) is 9.59 Å². The van der Waals surface area contributed by atoms with Gasteiger partial charge >= 0.3 is 0 Å². The van der Waals surface area contributed by atoms with Crippen molar-refractivity contribution < 1.29 is 9.59 Å². The van der Waals surface area contributed by atoms with E-state index in [1.54, 1.807) is 0 Å². The van der Waals surface area contributed by atoms with Crippen LogP contribution in [0.2, 0.25) is 0 Å². The Kier molecular flexibility index (Phi) is 7.72. The predicted molar refractivity (Wildman–Crippen MR) is 84.7 cm³/mol. The molecule has 1 aliphatic rings. The van der Waals surface area contributed by atoms with E-state index < -0.39 is 0 Å². The zero-order valence-electron chi connectivity index (χ0n) is 13.5. The van der Waals surface area contributed by atoms with Crippen LogP contribution in [0.25, 0.3) is 0 Å². The Morgan fingerprint density at radius 3 is 2.33 bits per heavy atom. The average Bonchev–Trinajstić information content (AvgIpc) is 2.46. The number of carbonyl (C=O) groups excluding carboxylic acids is 2. The van der Waals surface area contributed by atoms with Gasteiger partial charge in [0.15, 0.2) is 0 Å². The molecule has 0 saturated heterocycles. The first-order valence-electron chi connectivity index (χ1n) is 8.21. The lowest BCUT2D eigenvalue weighted by atomic mass is 9.71. The summed E-state index contributed by atoms with van der Waals surface area (Å²) in [4.78, 5) is 23.6. The smallest absolute Gasteiger partial charge is 0.221 e. The molecule has 0 aromatic rings. The summed E-state index contributed by atoms with van der Waals surface area (Å²) in [5.41, 5.74) is 5.88. The van der Waals surface area contributed by atoms with E-state index in [4.69, 9.17) is 5.73 Å². The van der Waals surface area contributed by atoms with Crippen molar-refractivity contribution in [3.05, 3.63) is 0 Å². The molecular formula is C16H31N3O2. The Morgan fingerprint density at radius 1 is 1.10 bits per heavy atom. The zero-order valence-corrected chi connectivity index (χ0v) is 13.5. The molecule has 0 radical (unpaired) electrons. The Morgan fingerprint density at radius 2 is 1.76 bits per heavy atom. The van der Waals surface area contributed by atoms with Gasteiger partial charge in [0.1, 0.15) is 0 Å². The SMILES string of the molecule is CC(C)CNC(=O)CCNC(=O)CC1(CN)CCCCC1. The van der Waals surface area contributed by atoms with Crippen LogP contribution in [0.3, 0.4) is 0 Å². The van der Waals surface area contributed by atoms with Crippen LogP contribution in [0.5, 0.6) is 0 Å². The highest BCUT2D eigenvalue weighted by Gasteiger charge is 2.32. The van der Waals surface area contributed by atoms with Crippen molar-refractivity contribution in [1.82, 2.24) is 10.6 Å². The fourth-order valence-electron chi connectivity index (χ4n) is 2.88. The molecule has 1 fully saturated rings. The maximum absolute atomic E-state index is 12.0. The van der Waals surface area contributed by atoms with Crippen molar-refractivity contribution in [3.63, 3.8) is 0 Å². The van der Waals surface area contributed by atoms with Crippen LogP contribution in [-0.4, -0.2) is 31.4 Å². The average molecular weight is 297 g/mol. The van der Waals surface area contributed by atoms with Crippen LogP contribution in [-0.2, 0) is 9.59 Å². The molecule has 5 heteroatoms. The van der Waals surface area contributed by atoms with Crippen LogP contribution >= 0.6 is 0 Å². The Labute approximate surface area is 128 Å². The number of nitrogens with two attached hydrogens (primary N) is 1. The second kappa shape index (κ2) is 9.03. The third-order valence-corrected chi connectivity index (χ3v) is 4.26. The summed E-state index contributed by atoms with van der Waals surface area (Å²) in [5.74, 6) is 0.466. The topological polar surface area (TPSA) is 84.2 Å². The van der Waals surface area contributed by atoms with E-state index in [9.17, 15) is 9.59 Å². The van der Waals surface area contributed by atoms with Gasteiger partial charge in [-0.25, -0.2) is 0 Å². The molecule has 4 N–H and O–H groups in total. The fraction of sp³-hybridized carbons (Fsp3) is 0.875. The number of rotatable bonds is 8. The van der Waals surface area contributed by atoms with Gasteiger partial charge in [0.2, 0.25) is 11.8 Å². The summed E-state index contributed by atoms with van der Waals surface area (Å²) >= 11 is 0. The van der Waals surface area contributed by atoms with E-state index in [2.05, 4.69) is 24.5 Å². The Bertz CT molecular complexity index is 336. The second-order valence-electron chi connectivity index (χ2n) is 6.74. The van der Waals surface area contributed by atoms with Crippen molar-refractivity contribution in [2.75, 3.05) is 19.6 Å². The number of nitrogens with one attached hydrogen (secondary N) is 2. The number of carbonyl (C=O) groups is 2. The van der Waals surface area contributed by atoms with Gasteiger partial charge < -0.3 is 16.4 Å². The normalized spacial score (nSPS) is 17.5. The van der Waals surface area contributed by atoms with Gasteiger partial charge in [-0.2, -0.15) is 0 Å². The van der Waals surface area contributed by atoms with E-state index in [1.807, 2.05) is 0 Å². The van der Waals surface area contributed by atoms with E-state index in [1.165, 1.54) is 19.3 Å². The van der Waals surface area contributed by atoms with Crippen LogP contribution in [0, 0.1) is 11.3 Å². The molecule has 122 valence electrons. The molecule has 0 aliphatic heterocycles. The molecule has 1 saturated carbocycles. The van der Waals surface area contributed by atoms with Crippen molar-refractivity contribution in [2.45, 2.75) is 58.8 Å². The molecule has 5 nitrogen and oxygen atoms in total. The van der Waals surface area contributed by atoms with Crippen molar-refractivity contribution in [3.8, 4) is 0 Å². The maximum Gasteiger partial charge on any atom is 0.221 e. The molecule has 0 aromatic carbocycles. The highest BCUT2D eigenvalue weighted by Crippen LogP contribution is 2.38. The molecule has 2 amide bonds. The quantitative estimate of drug-likeness (QED) is 0.636. The lowest BCUT2D eigenvalue weighted by molar-refractivity contribution is -0.124. The molecule has 0 bridgehead atoms. The summed E-state index contributed by atoms with van der Waals surface area (Å²) < 4.78 is 0. The molecule has 1 rings (SSSR count). The lowest BCUT2D eigenvalue weighted by Gasteiger charge is -2.35. The highest BCUT2D eigenvalue weighted by molar-refractivity contribution is 5.79. The van der Waals surface area contributed by atoms with E-state index in [0.717, 1.165) is 12.8 Å². The van der Waals surface area contributed by atoms with E-state index in [0.29, 0.717) is 38.4 Å². The minimum absolute atomic E-state index is 0.00444. The first-order valence-corrected chi connectivity index (χ1v) is 8.21. The monoisotopic (exact) mass is 297 g/mol. The standard InChI is InChI=1S/C16H31N3O2/c1-13(2)11-19-14(20)6-9-18-15(21)10-16(12-17)7-4-3-5-8-16/h13H,3-12,17H2,1-2H3,(H,18,21)(H,19,20). The van der Waals surface area contributed by atoms with Gasteiger partial charge in [-0.1, -0.05) is 33.1 Å². The second-order valence-corrected chi connectivity index (χ2v) is 6.74. The highest BCUT2D eigenvalue weighted by atomic mass is 16.2. The third-order valence-electron chi connectivity index (χ3n) is 4.26. The molecule has 0 unspecified atom stereocenters. The fourth-order valence-corrected chi connectivity index (χ4v) is 2.88. The maximum atomic E-state index is 12.0. The number of hydrogen-bond acceptors (Lipinski definition) is 3. The first kappa shape index (κ1) is 18.0. The molecule has 0 atom stereocenters. The van der Waals surface area contributed by atoms with E-state index >= 15 is 0 Å². The number of hydrogen-bond donors (Lipinski definition) is 3. The van der Waals surface area contributed by atoms with Crippen LogP contribution in [0.4, 0.5) is 0 Å². The molecular weight excluding hydrogens is 266 g/mol. The van der Waals surface area contributed by atoms with Crippen molar-refractivity contribution >= 4 is 11.8 Å². The van der Waals surface area contributed by atoms with Crippen LogP contribution in [0.15, 0.2) is 0 Å². The molecule has 21 heavy (non-hydrogen) atoms. The predicted octanol–water partition coefficient (Wildman–Crippen LogP) is 1.56. The largest absolute Gasteiger partial charge is 0.356 e. The summed E-state index contributed by atoms with van der Waals surface area (Å²) in [6.07, 6.45) is 6.52. The Balaban J connectivity index is 2.22. The molecule has 0 aromatic heterocycles. The molecule has 0 heterocycles. The number of amides is 2. The minimum Gasteiger partial charge on any atom is -0.356 e. The lowest BCUT2D eigenvalue weighted by Crippen LogP contribution is -2.39. The summed E-state index contributed by atoms with van der Waals surface area (Å²) in [5, 5.41) is 5.70.